The lowest BCUT2D eigenvalue weighted by Crippen LogP contribution is -2.56. The lowest BCUT2D eigenvalue weighted by Gasteiger charge is -2.48. The highest BCUT2D eigenvalue weighted by atomic mass is 19.1. The molecule has 0 saturated heterocycles. The Morgan fingerprint density at radius 2 is 2.07 bits per heavy atom. The van der Waals surface area contributed by atoms with Crippen LogP contribution in [-0.4, -0.2) is 10.8 Å². The smallest absolute Gasteiger partial charge is 0.115 e. The molecule has 0 unspecified atom stereocenters. The highest BCUT2D eigenvalue weighted by Crippen LogP contribution is 2.48. The van der Waals surface area contributed by atoms with Gasteiger partial charge in [-0.15, -0.1) is 0 Å². The molecule has 2 nitrogen and oxygen atoms in total. The molecule has 1 saturated carbocycles. The predicted molar refractivity (Wildman–Crippen MR) is 52.7 cm³/mol. The van der Waals surface area contributed by atoms with Crippen LogP contribution in [0.1, 0.15) is 25.3 Å². The molecule has 3 N–H and O–H groups in total. The molecule has 0 bridgehead atoms. The summed E-state index contributed by atoms with van der Waals surface area (Å²) in [5.74, 6) is 0.180. The number of hydrogen-bond donors (Lipinski definition) is 2. The molecule has 0 aromatic heterocycles. The molecule has 1 aromatic rings. The van der Waals surface area contributed by atoms with E-state index < -0.39 is 11.2 Å². The summed E-state index contributed by atoms with van der Waals surface area (Å²) in [4.78, 5) is 0. The second-order valence-corrected chi connectivity index (χ2v) is 4.47. The van der Waals surface area contributed by atoms with Crippen molar-refractivity contribution in [3.05, 3.63) is 29.8 Å². The van der Waals surface area contributed by atoms with E-state index in [1.165, 1.54) is 0 Å². The number of phenols is 1. The van der Waals surface area contributed by atoms with Crippen molar-refractivity contribution in [2.24, 2.45) is 5.73 Å². The van der Waals surface area contributed by atoms with E-state index in [0.29, 0.717) is 12.8 Å². The fourth-order valence-electron chi connectivity index (χ4n) is 2.28. The van der Waals surface area contributed by atoms with Crippen LogP contribution in [0.4, 0.5) is 4.39 Å². The van der Waals surface area contributed by atoms with Gasteiger partial charge in [0, 0.05) is 18.4 Å². The van der Waals surface area contributed by atoms with E-state index in [-0.39, 0.29) is 5.75 Å². The van der Waals surface area contributed by atoms with Crippen LogP contribution in [0.2, 0.25) is 0 Å². The zero-order chi connectivity index (χ0) is 10.4. The Labute approximate surface area is 82.5 Å². The third kappa shape index (κ3) is 1.48. The highest BCUT2D eigenvalue weighted by molar-refractivity contribution is 5.35. The molecule has 0 spiro atoms. The van der Waals surface area contributed by atoms with E-state index >= 15 is 0 Å². The van der Waals surface area contributed by atoms with Gasteiger partial charge in [-0.1, -0.05) is 12.1 Å². The molecule has 1 aliphatic carbocycles. The molecule has 1 aromatic carbocycles. The lowest BCUT2D eigenvalue weighted by atomic mass is 9.64. The van der Waals surface area contributed by atoms with Gasteiger partial charge in [0.05, 0.1) is 0 Å². The summed E-state index contributed by atoms with van der Waals surface area (Å²) >= 11 is 0. The van der Waals surface area contributed by atoms with Crippen molar-refractivity contribution >= 4 is 0 Å². The Balaban J connectivity index is 2.25. The number of aromatic hydroxyl groups is 1. The average molecular weight is 195 g/mol. The van der Waals surface area contributed by atoms with E-state index in [4.69, 9.17) is 5.73 Å². The first-order valence-electron chi connectivity index (χ1n) is 4.69. The Morgan fingerprint density at radius 1 is 1.43 bits per heavy atom. The predicted octanol–water partition coefficient (Wildman–Crippen LogP) is 2.07. The molecule has 0 atom stereocenters. The van der Waals surface area contributed by atoms with Crippen molar-refractivity contribution in [3.8, 4) is 5.75 Å². The largest absolute Gasteiger partial charge is 0.508 e. The molecule has 0 amide bonds. The Hall–Kier alpha value is -1.09. The van der Waals surface area contributed by atoms with Gasteiger partial charge in [-0.25, -0.2) is 4.39 Å². The summed E-state index contributed by atoms with van der Waals surface area (Å²) in [5.41, 5.74) is 5.08. The maximum atomic E-state index is 13.3. The van der Waals surface area contributed by atoms with Gasteiger partial charge in [0.2, 0.25) is 0 Å². The molecule has 76 valence electrons. The van der Waals surface area contributed by atoms with Gasteiger partial charge in [-0.2, -0.15) is 0 Å². The normalized spacial score (nSPS) is 36.5. The van der Waals surface area contributed by atoms with Crippen LogP contribution >= 0.6 is 0 Å². The molecule has 3 heteroatoms. The van der Waals surface area contributed by atoms with Gasteiger partial charge in [0.1, 0.15) is 11.4 Å². The number of hydrogen-bond acceptors (Lipinski definition) is 2. The minimum absolute atomic E-state index is 0.180. The van der Waals surface area contributed by atoms with Crippen LogP contribution in [0.5, 0.6) is 5.75 Å². The summed E-state index contributed by atoms with van der Waals surface area (Å²) in [7, 11) is 0. The monoisotopic (exact) mass is 195 g/mol. The molecule has 1 aliphatic rings. The quantitative estimate of drug-likeness (QED) is 0.720. The fourth-order valence-corrected chi connectivity index (χ4v) is 2.28. The van der Waals surface area contributed by atoms with E-state index in [0.717, 1.165) is 5.56 Å². The molecule has 1 fully saturated rings. The van der Waals surface area contributed by atoms with Gasteiger partial charge in [-0.05, 0) is 24.6 Å². The van der Waals surface area contributed by atoms with Crippen LogP contribution in [0.3, 0.4) is 0 Å². The topological polar surface area (TPSA) is 46.2 Å². The van der Waals surface area contributed by atoms with E-state index in [1.807, 2.05) is 6.07 Å². The second kappa shape index (κ2) is 2.70. The summed E-state index contributed by atoms with van der Waals surface area (Å²) in [6.45, 7) is 1.56. The second-order valence-electron chi connectivity index (χ2n) is 4.47. The summed E-state index contributed by atoms with van der Waals surface area (Å²) < 4.78 is 13.3. The van der Waals surface area contributed by atoms with E-state index in [2.05, 4.69) is 0 Å². The number of benzene rings is 1. The molecule has 14 heavy (non-hydrogen) atoms. The Morgan fingerprint density at radius 3 is 2.57 bits per heavy atom. The maximum absolute atomic E-state index is 13.3. The zero-order valence-electron chi connectivity index (χ0n) is 8.13. The standard InChI is InChI=1S/C11H14FNO/c1-10(12)6-11(13,7-10)8-3-2-4-9(14)5-8/h2-5,14H,6-7,13H2,1H3. The van der Waals surface area contributed by atoms with Crippen LogP contribution in [0.25, 0.3) is 0 Å². The van der Waals surface area contributed by atoms with Crippen LogP contribution < -0.4 is 5.73 Å². The van der Waals surface area contributed by atoms with Crippen molar-refractivity contribution in [2.75, 3.05) is 0 Å². The minimum atomic E-state index is -1.15. The Bertz CT molecular complexity index is 354. The lowest BCUT2D eigenvalue weighted by molar-refractivity contribution is 0.00122. The number of nitrogens with two attached hydrogens (primary N) is 1. The molecule has 2 rings (SSSR count). The zero-order valence-corrected chi connectivity index (χ0v) is 8.13. The minimum Gasteiger partial charge on any atom is -0.508 e. The summed E-state index contributed by atoms with van der Waals surface area (Å²) in [6.07, 6.45) is 0.646. The van der Waals surface area contributed by atoms with Gasteiger partial charge in [0.15, 0.2) is 0 Å². The Kier molecular flexibility index (Phi) is 1.83. The highest BCUT2D eigenvalue weighted by Gasteiger charge is 2.51. The van der Waals surface area contributed by atoms with Gasteiger partial charge < -0.3 is 10.8 Å². The average Bonchev–Trinajstić information content (AvgIpc) is 2.00. The first-order chi connectivity index (χ1) is 6.41. The van der Waals surface area contributed by atoms with Gasteiger partial charge >= 0.3 is 0 Å². The van der Waals surface area contributed by atoms with Crippen molar-refractivity contribution in [1.82, 2.24) is 0 Å². The summed E-state index contributed by atoms with van der Waals surface area (Å²) in [5, 5.41) is 9.28. The van der Waals surface area contributed by atoms with Crippen LogP contribution in [0, 0.1) is 0 Å². The molecule has 0 heterocycles. The van der Waals surface area contributed by atoms with Crippen molar-refractivity contribution in [2.45, 2.75) is 31.0 Å². The third-order valence-electron chi connectivity index (χ3n) is 2.79. The first kappa shape index (κ1) is 9.46. The number of alkyl halides is 1. The van der Waals surface area contributed by atoms with Crippen LogP contribution in [0.15, 0.2) is 24.3 Å². The third-order valence-corrected chi connectivity index (χ3v) is 2.79. The number of rotatable bonds is 1. The maximum Gasteiger partial charge on any atom is 0.115 e. The van der Waals surface area contributed by atoms with Crippen molar-refractivity contribution in [1.29, 1.82) is 0 Å². The van der Waals surface area contributed by atoms with Gasteiger partial charge in [0.25, 0.3) is 0 Å². The van der Waals surface area contributed by atoms with Crippen molar-refractivity contribution in [3.63, 3.8) is 0 Å². The number of halogens is 1. The molecule has 0 radical (unpaired) electrons. The molecular formula is C11H14FNO. The number of phenolic OH excluding ortho intramolecular Hbond substituents is 1. The SMILES string of the molecule is CC1(F)CC(N)(c2cccc(O)c2)C1. The molecular weight excluding hydrogens is 181 g/mol. The van der Waals surface area contributed by atoms with Gasteiger partial charge in [-0.3, -0.25) is 0 Å². The summed E-state index contributed by atoms with van der Waals surface area (Å²) in [6, 6.07) is 6.75. The van der Waals surface area contributed by atoms with E-state index in [1.54, 1.807) is 25.1 Å². The van der Waals surface area contributed by atoms with Crippen LogP contribution in [-0.2, 0) is 5.54 Å². The first-order valence-corrected chi connectivity index (χ1v) is 4.69. The fraction of sp³-hybridized carbons (Fsp3) is 0.455. The van der Waals surface area contributed by atoms with E-state index in [9.17, 15) is 9.50 Å². The molecule has 0 aliphatic heterocycles. The van der Waals surface area contributed by atoms with Crippen molar-refractivity contribution < 1.29 is 9.50 Å².